The van der Waals surface area contributed by atoms with E-state index < -0.39 is 17.4 Å². The van der Waals surface area contributed by atoms with Gasteiger partial charge in [0.15, 0.2) is 0 Å². The average molecular weight is 312 g/mol. The van der Waals surface area contributed by atoms with Gasteiger partial charge in [-0.2, -0.15) is 0 Å². The second-order valence-electron chi connectivity index (χ2n) is 5.70. The van der Waals surface area contributed by atoms with E-state index in [9.17, 15) is 14.3 Å². The topological polar surface area (TPSA) is 70.6 Å². The normalized spacial score (nSPS) is 14.8. The first-order valence-electron chi connectivity index (χ1n) is 7.36. The van der Waals surface area contributed by atoms with Crippen LogP contribution in [-0.4, -0.2) is 30.4 Å². The van der Waals surface area contributed by atoms with Crippen molar-refractivity contribution in [2.75, 3.05) is 13.7 Å². The quantitative estimate of drug-likeness (QED) is 0.724. The Morgan fingerprint density at radius 3 is 2.68 bits per heavy atom. The number of ether oxygens (including phenoxy) is 1. The molecule has 22 heavy (non-hydrogen) atoms. The van der Waals surface area contributed by atoms with Crippen LogP contribution >= 0.6 is 0 Å². The fraction of sp³-hybridized carbons (Fsp3) is 0.562. The smallest absolute Gasteiger partial charge is 0.315 e. The number of aliphatic hydroxyl groups is 1. The highest BCUT2D eigenvalue weighted by atomic mass is 19.1. The predicted molar refractivity (Wildman–Crippen MR) is 83.3 cm³/mol. The number of carbonyl (C=O) groups is 1. The summed E-state index contributed by atoms with van der Waals surface area (Å²) in [6, 6.07) is 3.84. The minimum absolute atomic E-state index is 0.0697. The molecule has 1 aromatic carbocycles. The third-order valence-electron chi connectivity index (χ3n) is 3.90. The molecule has 2 unspecified atom stereocenters. The third kappa shape index (κ3) is 5.52. The highest BCUT2D eigenvalue weighted by Gasteiger charge is 2.27. The number of urea groups is 1. The van der Waals surface area contributed by atoms with Crippen LogP contribution in [0.25, 0.3) is 0 Å². The minimum Gasteiger partial charge on any atom is -0.497 e. The SMILES string of the molecule is CCC(C)C(C)(O)CNC(=O)NCc1cc(F)cc(OC)c1. The molecule has 5 nitrogen and oxygen atoms in total. The lowest BCUT2D eigenvalue weighted by Gasteiger charge is -2.29. The Hall–Kier alpha value is -1.82. The molecule has 2 amide bonds. The maximum Gasteiger partial charge on any atom is 0.315 e. The number of halogens is 1. The predicted octanol–water partition coefficient (Wildman–Crippen LogP) is 2.43. The molecule has 0 aromatic heterocycles. The van der Waals surface area contributed by atoms with Crippen molar-refractivity contribution in [3.8, 4) is 5.75 Å². The van der Waals surface area contributed by atoms with Gasteiger partial charge in [-0.25, -0.2) is 9.18 Å². The molecule has 0 aliphatic heterocycles. The van der Waals surface area contributed by atoms with Crippen LogP contribution in [0.15, 0.2) is 18.2 Å². The summed E-state index contributed by atoms with van der Waals surface area (Å²) in [7, 11) is 1.45. The molecule has 0 saturated carbocycles. The zero-order valence-electron chi connectivity index (χ0n) is 13.6. The molecule has 6 heteroatoms. The molecule has 3 N–H and O–H groups in total. The largest absolute Gasteiger partial charge is 0.497 e. The number of nitrogens with one attached hydrogen (secondary N) is 2. The second kappa shape index (κ2) is 7.98. The van der Waals surface area contributed by atoms with Gasteiger partial charge in [-0.1, -0.05) is 20.3 Å². The Morgan fingerprint density at radius 1 is 1.41 bits per heavy atom. The summed E-state index contributed by atoms with van der Waals surface area (Å²) in [4.78, 5) is 11.8. The van der Waals surface area contributed by atoms with Gasteiger partial charge in [-0.15, -0.1) is 0 Å². The van der Waals surface area contributed by atoms with Crippen LogP contribution in [0.4, 0.5) is 9.18 Å². The van der Waals surface area contributed by atoms with Crippen LogP contribution in [0.2, 0.25) is 0 Å². The molecule has 0 radical (unpaired) electrons. The van der Waals surface area contributed by atoms with E-state index in [1.165, 1.54) is 19.2 Å². The molecular weight excluding hydrogens is 287 g/mol. The summed E-state index contributed by atoms with van der Waals surface area (Å²) < 4.78 is 18.3. The van der Waals surface area contributed by atoms with Gasteiger partial charge in [0, 0.05) is 19.2 Å². The van der Waals surface area contributed by atoms with Crippen molar-refractivity contribution >= 4 is 6.03 Å². The van der Waals surface area contributed by atoms with Crippen molar-refractivity contribution in [2.24, 2.45) is 5.92 Å². The third-order valence-corrected chi connectivity index (χ3v) is 3.90. The van der Waals surface area contributed by atoms with Crippen molar-refractivity contribution < 1.29 is 19.0 Å². The molecule has 0 heterocycles. The summed E-state index contributed by atoms with van der Waals surface area (Å²) in [5.41, 5.74) is -0.366. The number of methoxy groups -OCH3 is 1. The number of hydrogen-bond donors (Lipinski definition) is 3. The van der Waals surface area contributed by atoms with Crippen LogP contribution in [0.3, 0.4) is 0 Å². The Labute approximate surface area is 130 Å². The first-order chi connectivity index (χ1) is 10.3. The van der Waals surface area contributed by atoms with Crippen molar-refractivity contribution in [1.82, 2.24) is 10.6 Å². The summed E-state index contributed by atoms with van der Waals surface area (Å²) in [5.74, 6) is 0.0495. The van der Waals surface area contributed by atoms with Gasteiger partial charge in [0.05, 0.1) is 12.7 Å². The number of amides is 2. The van der Waals surface area contributed by atoms with E-state index in [1.807, 2.05) is 13.8 Å². The Morgan fingerprint density at radius 2 is 2.09 bits per heavy atom. The molecule has 2 atom stereocenters. The van der Waals surface area contributed by atoms with Crippen molar-refractivity contribution in [3.05, 3.63) is 29.6 Å². The fourth-order valence-electron chi connectivity index (χ4n) is 1.96. The standard InChI is InChI=1S/C16H25FN2O3/c1-5-11(2)16(3,21)10-19-15(20)18-9-12-6-13(17)8-14(7-12)22-4/h6-8,11,21H,5,9-10H2,1-4H3,(H2,18,19,20). The zero-order valence-corrected chi connectivity index (χ0v) is 13.6. The van der Waals surface area contributed by atoms with Crippen LogP contribution in [0.1, 0.15) is 32.8 Å². The summed E-state index contributed by atoms with van der Waals surface area (Å²) in [5, 5.41) is 15.5. The van der Waals surface area contributed by atoms with Crippen molar-refractivity contribution in [2.45, 2.75) is 39.3 Å². The van der Waals surface area contributed by atoms with E-state index in [2.05, 4.69) is 10.6 Å². The fourth-order valence-corrected chi connectivity index (χ4v) is 1.96. The maximum atomic E-state index is 13.3. The summed E-state index contributed by atoms with van der Waals surface area (Å²) >= 11 is 0. The van der Waals surface area contributed by atoms with Crippen LogP contribution < -0.4 is 15.4 Å². The molecular formula is C16H25FN2O3. The molecule has 1 rings (SSSR count). The lowest BCUT2D eigenvalue weighted by Crippen LogP contribution is -2.47. The van der Waals surface area contributed by atoms with E-state index >= 15 is 0 Å². The average Bonchev–Trinajstić information content (AvgIpc) is 2.49. The van der Waals surface area contributed by atoms with Crippen LogP contribution in [0.5, 0.6) is 5.75 Å². The first kappa shape index (κ1) is 18.2. The van der Waals surface area contributed by atoms with E-state index in [1.54, 1.807) is 13.0 Å². The molecule has 0 aliphatic carbocycles. The lowest BCUT2D eigenvalue weighted by atomic mass is 9.89. The Bertz CT molecular complexity index is 506. The molecule has 0 bridgehead atoms. The van der Waals surface area contributed by atoms with E-state index in [4.69, 9.17) is 4.74 Å². The van der Waals surface area contributed by atoms with Gasteiger partial charge in [0.25, 0.3) is 0 Å². The Kier molecular flexibility index (Phi) is 6.61. The van der Waals surface area contributed by atoms with Crippen LogP contribution in [0, 0.1) is 11.7 Å². The first-order valence-corrected chi connectivity index (χ1v) is 7.36. The summed E-state index contributed by atoms with van der Waals surface area (Å²) in [6.45, 7) is 5.93. The second-order valence-corrected chi connectivity index (χ2v) is 5.70. The maximum absolute atomic E-state index is 13.3. The zero-order chi connectivity index (χ0) is 16.8. The van der Waals surface area contributed by atoms with Crippen LogP contribution in [-0.2, 0) is 6.54 Å². The molecule has 0 spiro atoms. The highest BCUT2D eigenvalue weighted by Crippen LogP contribution is 2.19. The monoisotopic (exact) mass is 312 g/mol. The van der Waals surface area contributed by atoms with Gasteiger partial charge >= 0.3 is 6.03 Å². The van der Waals surface area contributed by atoms with Crippen molar-refractivity contribution in [3.63, 3.8) is 0 Å². The van der Waals surface area contributed by atoms with Gasteiger partial charge in [-0.3, -0.25) is 0 Å². The summed E-state index contributed by atoms with van der Waals surface area (Å²) in [6.07, 6.45) is 0.819. The molecule has 0 saturated heterocycles. The van der Waals surface area contributed by atoms with E-state index in [0.29, 0.717) is 11.3 Å². The number of benzene rings is 1. The number of hydrogen-bond acceptors (Lipinski definition) is 3. The van der Waals surface area contributed by atoms with E-state index in [0.717, 1.165) is 6.42 Å². The van der Waals surface area contributed by atoms with Gasteiger partial charge < -0.3 is 20.5 Å². The minimum atomic E-state index is -0.964. The molecule has 0 aliphatic rings. The van der Waals surface area contributed by atoms with Gasteiger partial charge in [-0.05, 0) is 30.5 Å². The number of carbonyl (C=O) groups excluding carboxylic acids is 1. The highest BCUT2D eigenvalue weighted by molar-refractivity contribution is 5.73. The van der Waals surface area contributed by atoms with E-state index in [-0.39, 0.29) is 19.0 Å². The van der Waals surface area contributed by atoms with Gasteiger partial charge in [0.1, 0.15) is 11.6 Å². The molecule has 0 fully saturated rings. The van der Waals surface area contributed by atoms with Crippen molar-refractivity contribution in [1.29, 1.82) is 0 Å². The Balaban J connectivity index is 2.48. The molecule has 124 valence electrons. The number of rotatable bonds is 7. The molecule has 1 aromatic rings. The van der Waals surface area contributed by atoms with Gasteiger partial charge in [0.2, 0.25) is 0 Å². The lowest BCUT2D eigenvalue weighted by molar-refractivity contribution is 0.00790.